The third-order valence-corrected chi connectivity index (χ3v) is 4.94. The van der Waals surface area contributed by atoms with Gasteiger partial charge in [0.25, 0.3) is 5.91 Å². The minimum absolute atomic E-state index is 0.104. The van der Waals surface area contributed by atoms with Gasteiger partial charge >= 0.3 is 0 Å². The van der Waals surface area contributed by atoms with Gasteiger partial charge in [0, 0.05) is 11.4 Å². The van der Waals surface area contributed by atoms with E-state index >= 15 is 0 Å². The SMILES string of the molecule is CSc1ncc(C(=O)Nc2ccc(F)c(-n3nnnc3C)c2)n1-c1ccc(F)cc1. The van der Waals surface area contributed by atoms with Crippen LogP contribution in [0.15, 0.2) is 53.8 Å². The Labute approximate surface area is 173 Å². The van der Waals surface area contributed by atoms with E-state index in [1.54, 1.807) is 23.6 Å². The van der Waals surface area contributed by atoms with Crippen molar-refractivity contribution in [1.82, 2.24) is 29.8 Å². The molecule has 0 radical (unpaired) electrons. The molecule has 0 aliphatic heterocycles. The van der Waals surface area contributed by atoms with Gasteiger partial charge in [0.05, 0.1) is 6.20 Å². The Bertz CT molecular complexity index is 1220. The number of aryl methyl sites for hydroxylation is 1. The van der Waals surface area contributed by atoms with Crippen LogP contribution in [0.1, 0.15) is 16.3 Å². The van der Waals surface area contributed by atoms with E-state index in [0.29, 0.717) is 22.4 Å². The Hall–Kier alpha value is -3.60. The Morgan fingerprint density at radius 1 is 1.13 bits per heavy atom. The summed E-state index contributed by atoms with van der Waals surface area (Å²) in [6.45, 7) is 1.63. The summed E-state index contributed by atoms with van der Waals surface area (Å²) in [7, 11) is 0. The first-order valence-electron chi connectivity index (χ1n) is 8.72. The molecule has 152 valence electrons. The fraction of sp³-hybridized carbons (Fsp3) is 0.105. The van der Waals surface area contributed by atoms with Crippen molar-refractivity contribution in [3.8, 4) is 11.4 Å². The number of hydrogen-bond donors (Lipinski definition) is 1. The Balaban J connectivity index is 1.68. The molecule has 30 heavy (non-hydrogen) atoms. The maximum absolute atomic E-state index is 14.3. The molecule has 1 amide bonds. The van der Waals surface area contributed by atoms with Gasteiger partial charge in [0.2, 0.25) is 0 Å². The summed E-state index contributed by atoms with van der Waals surface area (Å²) in [4.78, 5) is 17.2. The molecule has 1 N–H and O–H groups in total. The number of hydrogen-bond acceptors (Lipinski definition) is 6. The van der Waals surface area contributed by atoms with Crippen LogP contribution in [-0.4, -0.2) is 41.9 Å². The highest BCUT2D eigenvalue weighted by molar-refractivity contribution is 7.98. The third-order valence-electron chi connectivity index (χ3n) is 4.29. The van der Waals surface area contributed by atoms with Gasteiger partial charge in [-0.15, -0.1) is 5.10 Å². The van der Waals surface area contributed by atoms with Gasteiger partial charge in [-0.1, -0.05) is 11.8 Å². The highest BCUT2D eigenvalue weighted by atomic mass is 32.2. The van der Waals surface area contributed by atoms with Crippen LogP contribution in [0.5, 0.6) is 0 Å². The quantitative estimate of drug-likeness (QED) is 0.491. The van der Waals surface area contributed by atoms with E-state index in [4.69, 9.17) is 0 Å². The van der Waals surface area contributed by atoms with Crippen molar-refractivity contribution in [2.24, 2.45) is 0 Å². The molecule has 11 heteroatoms. The molecule has 2 heterocycles. The summed E-state index contributed by atoms with van der Waals surface area (Å²) in [6, 6.07) is 9.82. The van der Waals surface area contributed by atoms with Gasteiger partial charge in [-0.3, -0.25) is 9.36 Å². The second-order valence-electron chi connectivity index (χ2n) is 6.20. The van der Waals surface area contributed by atoms with Crippen LogP contribution in [0.3, 0.4) is 0 Å². The summed E-state index contributed by atoms with van der Waals surface area (Å²) in [5.74, 6) is -0.980. The number of nitrogens with zero attached hydrogens (tertiary/aromatic N) is 6. The van der Waals surface area contributed by atoms with Crippen molar-refractivity contribution in [2.75, 3.05) is 11.6 Å². The van der Waals surface area contributed by atoms with Crippen molar-refractivity contribution in [3.05, 3.63) is 71.8 Å². The first kappa shape index (κ1) is 19.7. The molecule has 0 atom stereocenters. The highest BCUT2D eigenvalue weighted by Crippen LogP contribution is 2.24. The van der Waals surface area contributed by atoms with Gasteiger partial charge in [0.1, 0.15) is 23.0 Å². The Kier molecular flexibility index (Phi) is 5.27. The predicted molar refractivity (Wildman–Crippen MR) is 107 cm³/mol. The second-order valence-corrected chi connectivity index (χ2v) is 6.97. The zero-order valence-corrected chi connectivity index (χ0v) is 16.7. The molecule has 0 spiro atoms. The molecule has 4 rings (SSSR count). The van der Waals surface area contributed by atoms with Crippen LogP contribution in [0.25, 0.3) is 11.4 Å². The molecule has 0 aliphatic rings. The van der Waals surface area contributed by atoms with Crippen molar-refractivity contribution >= 4 is 23.4 Å². The molecule has 2 aromatic carbocycles. The summed E-state index contributed by atoms with van der Waals surface area (Å²) in [5.41, 5.74) is 1.29. The summed E-state index contributed by atoms with van der Waals surface area (Å²) in [6.07, 6.45) is 3.26. The van der Waals surface area contributed by atoms with Crippen LogP contribution in [0, 0.1) is 18.6 Å². The number of tetrazole rings is 1. The lowest BCUT2D eigenvalue weighted by Gasteiger charge is -2.12. The van der Waals surface area contributed by atoms with Gasteiger partial charge in [0.15, 0.2) is 11.0 Å². The van der Waals surface area contributed by atoms with Gasteiger partial charge in [-0.2, -0.15) is 4.68 Å². The van der Waals surface area contributed by atoms with Crippen molar-refractivity contribution < 1.29 is 13.6 Å². The molecule has 4 aromatic rings. The minimum atomic E-state index is -0.538. The number of carbonyl (C=O) groups excluding carboxylic acids is 1. The third kappa shape index (κ3) is 3.66. The number of halogens is 2. The minimum Gasteiger partial charge on any atom is -0.321 e. The number of aromatic nitrogens is 6. The largest absolute Gasteiger partial charge is 0.321 e. The molecule has 0 bridgehead atoms. The van der Waals surface area contributed by atoms with Crippen molar-refractivity contribution in [1.29, 1.82) is 0 Å². The molecule has 0 saturated carbocycles. The lowest BCUT2D eigenvalue weighted by Crippen LogP contribution is -2.17. The fourth-order valence-electron chi connectivity index (χ4n) is 2.88. The highest BCUT2D eigenvalue weighted by Gasteiger charge is 2.19. The monoisotopic (exact) mass is 427 g/mol. The predicted octanol–water partition coefficient (Wildman–Crippen LogP) is 3.41. The smallest absolute Gasteiger partial charge is 0.274 e. The standard InChI is InChI=1S/C19H15F2N7OS/c1-11-24-25-26-28(11)16-9-13(5-8-15(16)21)23-18(29)17-10-22-19(30-2)27(17)14-6-3-12(20)4-7-14/h3-10H,1-2H3,(H,23,29). The molecule has 0 aliphatic carbocycles. The average molecular weight is 427 g/mol. The number of rotatable bonds is 5. The van der Waals surface area contributed by atoms with E-state index in [9.17, 15) is 13.6 Å². The lowest BCUT2D eigenvalue weighted by atomic mass is 10.2. The molecule has 0 unspecified atom stereocenters. The first-order valence-corrected chi connectivity index (χ1v) is 9.94. The Morgan fingerprint density at radius 2 is 1.90 bits per heavy atom. The normalized spacial score (nSPS) is 10.9. The zero-order chi connectivity index (χ0) is 21.3. The average Bonchev–Trinajstić information content (AvgIpc) is 3.36. The summed E-state index contributed by atoms with van der Waals surface area (Å²) in [5, 5.41) is 14.3. The molecule has 8 nitrogen and oxygen atoms in total. The molecular weight excluding hydrogens is 412 g/mol. The van der Waals surface area contributed by atoms with E-state index < -0.39 is 11.7 Å². The van der Waals surface area contributed by atoms with E-state index in [1.165, 1.54) is 53.0 Å². The van der Waals surface area contributed by atoms with Crippen LogP contribution < -0.4 is 5.32 Å². The number of imidazole rings is 1. The van der Waals surface area contributed by atoms with Gasteiger partial charge in [-0.25, -0.2) is 13.8 Å². The van der Waals surface area contributed by atoms with E-state index in [1.807, 2.05) is 6.26 Å². The second kappa shape index (κ2) is 8.03. The maximum atomic E-state index is 14.3. The summed E-state index contributed by atoms with van der Waals surface area (Å²) >= 11 is 1.35. The fourth-order valence-corrected chi connectivity index (χ4v) is 3.43. The number of anilines is 1. The number of nitrogens with one attached hydrogen (secondary N) is 1. The van der Waals surface area contributed by atoms with E-state index in [2.05, 4.69) is 25.8 Å². The van der Waals surface area contributed by atoms with Gasteiger partial charge < -0.3 is 5.32 Å². The van der Waals surface area contributed by atoms with E-state index in [-0.39, 0.29) is 17.2 Å². The van der Waals surface area contributed by atoms with Crippen LogP contribution in [0.4, 0.5) is 14.5 Å². The molecule has 2 aromatic heterocycles. The topological polar surface area (TPSA) is 90.5 Å². The number of thioether (sulfide) groups is 1. The van der Waals surface area contributed by atoms with Crippen LogP contribution in [0.2, 0.25) is 0 Å². The zero-order valence-electron chi connectivity index (χ0n) is 15.9. The van der Waals surface area contributed by atoms with E-state index in [0.717, 1.165) is 0 Å². The first-order chi connectivity index (χ1) is 14.5. The maximum Gasteiger partial charge on any atom is 0.274 e. The van der Waals surface area contributed by atoms with Gasteiger partial charge in [-0.05, 0) is 66.1 Å². The van der Waals surface area contributed by atoms with Crippen LogP contribution >= 0.6 is 11.8 Å². The van der Waals surface area contributed by atoms with Crippen LogP contribution in [-0.2, 0) is 0 Å². The lowest BCUT2D eigenvalue weighted by molar-refractivity contribution is 0.102. The molecular formula is C19H15F2N7OS. The Morgan fingerprint density at radius 3 is 2.57 bits per heavy atom. The number of carbonyl (C=O) groups is 1. The van der Waals surface area contributed by atoms with Crippen molar-refractivity contribution in [2.45, 2.75) is 12.1 Å². The number of amides is 1. The molecule has 0 saturated heterocycles. The number of benzene rings is 2. The van der Waals surface area contributed by atoms with Crippen molar-refractivity contribution in [3.63, 3.8) is 0 Å². The molecule has 0 fully saturated rings. The summed E-state index contributed by atoms with van der Waals surface area (Å²) < 4.78 is 30.4.